The molecule has 1 atom stereocenters. The van der Waals surface area contributed by atoms with E-state index in [0.29, 0.717) is 6.42 Å². The Labute approximate surface area is 105 Å². The molecule has 0 aliphatic heterocycles. The van der Waals surface area contributed by atoms with Crippen molar-refractivity contribution in [3.05, 3.63) is 35.9 Å². The molecule has 0 aliphatic rings. The van der Waals surface area contributed by atoms with E-state index >= 15 is 0 Å². The molecule has 16 heavy (non-hydrogen) atoms. The summed E-state index contributed by atoms with van der Waals surface area (Å²) in [5.74, 6) is 0. The van der Waals surface area contributed by atoms with Crippen molar-refractivity contribution in [2.75, 3.05) is 14.2 Å². The van der Waals surface area contributed by atoms with Crippen molar-refractivity contribution in [2.45, 2.75) is 17.4 Å². The van der Waals surface area contributed by atoms with Gasteiger partial charge >= 0.3 is 7.60 Å². The monoisotopic (exact) mass is 306 g/mol. The molecular weight excluding hydrogens is 291 g/mol. The van der Waals surface area contributed by atoms with Crippen LogP contribution in [-0.2, 0) is 20.0 Å². The summed E-state index contributed by atoms with van der Waals surface area (Å²) in [6.45, 7) is 0. The van der Waals surface area contributed by atoms with Crippen LogP contribution in [-0.4, -0.2) is 18.8 Å². The largest absolute Gasteiger partial charge is 0.343 e. The van der Waals surface area contributed by atoms with E-state index in [-0.39, 0.29) is 4.57 Å². The second-order valence-electron chi connectivity index (χ2n) is 3.36. The fourth-order valence-corrected chi connectivity index (χ4v) is 3.68. The lowest BCUT2D eigenvalue weighted by atomic mass is 10.1. The van der Waals surface area contributed by atoms with Crippen molar-refractivity contribution in [1.82, 2.24) is 0 Å². The van der Waals surface area contributed by atoms with Crippen LogP contribution in [0.4, 0.5) is 0 Å². The zero-order valence-electron chi connectivity index (χ0n) is 9.43. The number of rotatable bonds is 6. The normalized spacial score (nSPS) is 13.7. The summed E-state index contributed by atoms with van der Waals surface area (Å²) in [5.41, 5.74) is 1.21. The summed E-state index contributed by atoms with van der Waals surface area (Å²) >= 11 is 3.37. The van der Waals surface area contributed by atoms with Gasteiger partial charge in [-0.3, -0.25) is 4.57 Å². The van der Waals surface area contributed by atoms with Crippen LogP contribution in [0.5, 0.6) is 0 Å². The Morgan fingerprint density at radius 2 is 1.81 bits per heavy atom. The van der Waals surface area contributed by atoms with Crippen LogP contribution in [0.1, 0.15) is 12.0 Å². The molecule has 1 rings (SSSR count). The quantitative estimate of drug-likeness (QED) is 0.592. The van der Waals surface area contributed by atoms with Gasteiger partial charge in [0.25, 0.3) is 0 Å². The molecular formula is C11H16BrO3P. The first kappa shape index (κ1) is 13.9. The van der Waals surface area contributed by atoms with E-state index in [1.165, 1.54) is 19.8 Å². The molecule has 0 N–H and O–H groups in total. The van der Waals surface area contributed by atoms with Crippen LogP contribution in [0.25, 0.3) is 0 Å². The highest BCUT2D eigenvalue weighted by Gasteiger charge is 2.31. The molecule has 1 aromatic rings. The standard InChI is InChI=1S/C11H16BrO3P/c1-14-16(13,15-2)11(12)9-8-10-6-4-3-5-7-10/h3-7,11H,8-9H2,1-2H3. The Hall–Kier alpha value is -0.150. The molecule has 90 valence electrons. The Morgan fingerprint density at radius 3 is 2.31 bits per heavy atom. The maximum Gasteiger partial charge on any atom is 0.343 e. The molecule has 0 fully saturated rings. The Morgan fingerprint density at radius 1 is 1.25 bits per heavy atom. The van der Waals surface area contributed by atoms with Gasteiger partial charge in [0.1, 0.15) is 4.57 Å². The number of hydrogen-bond acceptors (Lipinski definition) is 3. The topological polar surface area (TPSA) is 35.5 Å². The molecule has 3 nitrogen and oxygen atoms in total. The summed E-state index contributed by atoms with van der Waals surface area (Å²) in [5, 5.41) is 0. The highest BCUT2D eigenvalue weighted by Crippen LogP contribution is 2.55. The first-order chi connectivity index (χ1) is 7.62. The van der Waals surface area contributed by atoms with Gasteiger partial charge in [0.2, 0.25) is 0 Å². The third kappa shape index (κ3) is 3.70. The molecule has 0 bridgehead atoms. The molecule has 0 saturated heterocycles. The van der Waals surface area contributed by atoms with E-state index in [9.17, 15) is 4.57 Å². The number of alkyl halides is 1. The fraction of sp³-hybridized carbons (Fsp3) is 0.455. The molecule has 5 heteroatoms. The number of hydrogen-bond donors (Lipinski definition) is 0. The van der Waals surface area contributed by atoms with E-state index in [0.717, 1.165) is 6.42 Å². The van der Waals surface area contributed by atoms with E-state index in [1.54, 1.807) is 0 Å². The maximum atomic E-state index is 12.0. The SMILES string of the molecule is COP(=O)(OC)C(Br)CCc1ccccc1. The van der Waals surface area contributed by atoms with Gasteiger partial charge in [0.05, 0.1) is 0 Å². The van der Waals surface area contributed by atoms with E-state index < -0.39 is 7.60 Å². The number of halogens is 1. The van der Waals surface area contributed by atoms with Crippen molar-refractivity contribution >= 4 is 23.5 Å². The van der Waals surface area contributed by atoms with Gasteiger partial charge in [-0.1, -0.05) is 46.3 Å². The number of benzene rings is 1. The molecule has 0 heterocycles. The van der Waals surface area contributed by atoms with Crippen molar-refractivity contribution in [2.24, 2.45) is 0 Å². The second-order valence-corrected chi connectivity index (χ2v) is 7.61. The lowest BCUT2D eigenvalue weighted by molar-refractivity contribution is 0.273. The second kappa shape index (κ2) is 6.55. The first-order valence-corrected chi connectivity index (χ1v) is 7.54. The average Bonchev–Trinajstić information content (AvgIpc) is 2.36. The lowest BCUT2D eigenvalue weighted by Gasteiger charge is -2.19. The van der Waals surface area contributed by atoms with Gasteiger partial charge in [0.15, 0.2) is 0 Å². The molecule has 0 aliphatic carbocycles. The van der Waals surface area contributed by atoms with Crippen molar-refractivity contribution in [3.8, 4) is 0 Å². The summed E-state index contributed by atoms with van der Waals surface area (Å²) in [6.07, 6.45) is 1.55. The first-order valence-electron chi connectivity index (χ1n) is 5.01. The minimum atomic E-state index is -2.99. The van der Waals surface area contributed by atoms with Crippen LogP contribution < -0.4 is 0 Å². The average molecular weight is 307 g/mol. The van der Waals surface area contributed by atoms with Gasteiger partial charge in [0, 0.05) is 14.2 Å². The highest BCUT2D eigenvalue weighted by atomic mass is 79.9. The van der Waals surface area contributed by atoms with E-state index in [2.05, 4.69) is 15.9 Å². The third-order valence-corrected chi connectivity index (χ3v) is 6.29. The predicted octanol–water partition coefficient (Wildman–Crippen LogP) is 3.83. The van der Waals surface area contributed by atoms with Crippen molar-refractivity contribution in [1.29, 1.82) is 0 Å². The van der Waals surface area contributed by atoms with E-state index in [4.69, 9.17) is 9.05 Å². The van der Waals surface area contributed by atoms with E-state index in [1.807, 2.05) is 30.3 Å². The minimum absolute atomic E-state index is 0.268. The number of aryl methyl sites for hydroxylation is 1. The molecule has 1 aromatic carbocycles. The van der Waals surface area contributed by atoms with Gasteiger partial charge < -0.3 is 9.05 Å². The van der Waals surface area contributed by atoms with Crippen LogP contribution in [0.2, 0.25) is 0 Å². The van der Waals surface area contributed by atoms with Crippen molar-refractivity contribution in [3.63, 3.8) is 0 Å². The van der Waals surface area contributed by atoms with Gasteiger partial charge in [-0.15, -0.1) is 0 Å². The van der Waals surface area contributed by atoms with Crippen molar-refractivity contribution < 1.29 is 13.6 Å². The Kier molecular flexibility index (Phi) is 5.70. The molecule has 0 radical (unpaired) electrons. The van der Waals surface area contributed by atoms with Crippen LogP contribution in [0.3, 0.4) is 0 Å². The summed E-state index contributed by atoms with van der Waals surface area (Å²) in [6, 6.07) is 10.1. The smallest absolute Gasteiger partial charge is 0.311 e. The van der Waals surface area contributed by atoms with Crippen LogP contribution in [0, 0.1) is 0 Å². The minimum Gasteiger partial charge on any atom is -0.311 e. The van der Waals surface area contributed by atoms with Crippen LogP contribution >= 0.6 is 23.5 Å². The van der Waals surface area contributed by atoms with Gasteiger partial charge in [-0.2, -0.15) is 0 Å². The maximum absolute atomic E-state index is 12.0. The Bertz CT molecular complexity index is 348. The van der Waals surface area contributed by atoms with Gasteiger partial charge in [-0.25, -0.2) is 0 Å². The van der Waals surface area contributed by atoms with Crippen LogP contribution in [0.15, 0.2) is 30.3 Å². The molecule has 0 spiro atoms. The molecule has 0 aromatic heterocycles. The molecule has 1 unspecified atom stereocenters. The molecule has 0 amide bonds. The lowest BCUT2D eigenvalue weighted by Crippen LogP contribution is -2.05. The highest BCUT2D eigenvalue weighted by molar-refractivity contribution is 9.10. The Balaban J connectivity index is 2.53. The summed E-state index contributed by atoms with van der Waals surface area (Å²) < 4.78 is 21.6. The zero-order valence-corrected chi connectivity index (χ0v) is 11.9. The molecule has 0 saturated carbocycles. The fourth-order valence-electron chi connectivity index (χ4n) is 1.39. The zero-order chi connectivity index (χ0) is 12.0. The third-order valence-electron chi connectivity index (χ3n) is 2.37. The predicted molar refractivity (Wildman–Crippen MR) is 69.1 cm³/mol. The summed E-state index contributed by atoms with van der Waals surface area (Å²) in [4.78, 5) is 0. The summed E-state index contributed by atoms with van der Waals surface area (Å²) in [7, 11) is -0.185. The van der Waals surface area contributed by atoms with Gasteiger partial charge in [-0.05, 0) is 18.4 Å².